The number of anilines is 1. The number of halogens is 3. The second-order valence-corrected chi connectivity index (χ2v) is 7.59. The molecule has 1 aliphatic rings. The van der Waals surface area contributed by atoms with Crippen LogP contribution in [0.15, 0.2) is 24.3 Å². The van der Waals surface area contributed by atoms with Crippen molar-refractivity contribution in [2.45, 2.75) is 41.9 Å². The van der Waals surface area contributed by atoms with E-state index in [9.17, 15) is 9.59 Å². The van der Waals surface area contributed by atoms with E-state index in [0.717, 1.165) is 25.7 Å². The van der Waals surface area contributed by atoms with Crippen molar-refractivity contribution < 1.29 is 9.59 Å². The Morgan fingerprint density at radius 3 is 2.32 bits per heavy atom. The van der Waals surface area contributed by atoms with Crippen LogP contribution in [-0.4, -0.2) is 21.6 Å². The minimum absolute atomic E-state index is 0.179. The van der Waals surface area contributed by atoms with Crippen LogP contribution in [-0.2, 0) is 4.79 Å². The molecular weight excluding hydrogens is 347 g/mol. The number of nitrogens with one attached hydrogen (secondary N) is 2. The topological polar surface area (TPSA) is 58.2 Å². The molecule has 4 nitrogen and oxygen atoms in total. The van der Waals surface area contributed by atoms with Crippen molar-refractivity contribution in [2.24, 2.45) is 0 Å². The highest BCUT2D eigenvalue weighted by atomic mass is 35.6. The first-order chi connectivity index (χ1) is 10.4. The minimum Gasteiger partial charge on any atom is -0.349 e. The lowest BCUT2D eigenvalue weighted by Crippen LogP contribution is -2.37. The molecule has 2 N–H and O–H groups in total. The Bertz CT molecular complexity index is 552. The van der Waals surface area contributed by atoms with E-state index < -0.39 is 9.70 Å². The van der Waals surface area contributed by atoms with Crippen molar-refractivity contribution in [3.8, 4) is 0 Å². The van der Waals surface area contributed by atoms with Crippen LogP contribution >= 0.6 is 34.8 Å². The summed E-state index contributed by atoms with van der Waals surface area (Å²) in [6, 6.07) is 6.83. The van der Waals surface area contributed by atoms with E-state index in [0.29, 0.717) is 11.3 Å². The lowest BCUT2D eigenvalue weighted by atomic mass is 9.95. The minimum atomic E-state index is -2.08. The smallest absolute Gasteiger partial charge is 0.276 e. The van der Waals surface area contributed by atoms with Crippen LogP contribution in [0.4, 0.5) is 5.69 Å². The highest BCUT2D eigenvalue weighted by Crippen LogP contribution is 2.28. The van der Waals surface area contributed by atoms with E-state index in [-0.39, 0.29) is 11.9 Å². The summed E-state index contributed by atoms with van der Waals surface area (Å²) in [6.07, 6.45) is 5.41. The molecule has 0 atom stereocenters. The molecule has 2 amide bonds. The van der Waals surface area contributed by atoms with Gasteiger partial charge in [0, 0.05) is 6.04 Å². The number of alkyl halides is 3. The number of carbonyl (C=O) groups is 2. The van der Waals surface area contributed by atoms with E-state index in [1.807, 2.05) is 0 Å². The lowest BCUT2D eigenvalue weighted by Gasteiger charge is -2.23. The van der Waals surface area contributed by atoms with Crippen LogP contribution in [0.25, 0.3) is 0 Å². The van der Waals surface area contributed by atoms with E-state index in [2.05, 4.69) is 10.6 Å². The lowest BCUT2D eigenvalue weighted by molar-refractivity contribution is -0.115. The molecule has 1 aromatic rings. The molecule has 1 saturated carbocycles. The molecule has 0 saturated heterocycles. The van der Waals surface area contributed by atoms with Crippen molar-refractivity contribution in [3.05, 3.63) is 29.8 Å². The first-order valence-corrected chi connectivity index (χ1v) is 8.29. The first kappa shape index (κ1) is 17.4. The summed E-state index contributed by atoms with van der Waals surface area (Å²) < 4.78 is -2.08. The summed E-state index contributed by atoms with van der Waals surface area (Å²) in [6.45, 7) is 0. The van der Waals surface area contributed by atoms with Gasteiger partial charge in [0.25, 0.3) is 15.6 Å². The Labute approximate surface area is 144 Å². The third-order valence-corrected chi connectivity index (χ3v) is 4.13. The number of hydrogen-bond donors (Lipinski definition) is 2. The summed E-state index contributed by atoms with van der Waals surface area (Å²) in [5.74, 6) is -1.03. The molecule has 120 valence electrons. The van der Waals surface area contributed by atoms with Crippen LogP contribution in [0.2, 0.25) is 0 Å². The van der Waals surface area contributed by atoms with Crippen molar-refractivity contribution in [1.29, 1.82) is 0 Å². The molecule has 0 heterocycles. The summed E-state index contributed by atoms with van der Waals surface area (Å²) in [7, 11) is 0. The molecule has 1 aromatic carbocycles. The number of benzene rings is 1. The normalized spacial score (nSPS) is 16.1. The average molecular weight is 364 g/mol. The van der Waals surface area contributed by atoms with Crippen molar-refractivity contribution in [1.82, 2.24) is 5.32 Å². The number of carbonyl (C=O) groups excluding carboxylic acids is 2. The molecular formula is C15H17Cl3N2O2. The van der Waals surface area contributed by atoms with Crippen LogP contribution in [0, 0.1) is 0 Å². The van der Waals surface area contributed by atoms with Gasteiger partial charge >= 0.3 is 0 Å². The van der Waals surface area contributed by atoms with E-state index in [1.165, 1.54) is 6.42 Å². The van der Waals surface area contributed by atoms with Gasteiger partial charge in [0.05, 0.1) is 11.3 Å². The Morgan fingerprint density at radius 1 is 1.05 bits per heavy atom. The molecule has 0 unspecified atom stereocenters. The maximum atomic E-state index is 12.4. The van der Waals surface area contributed by atoms with Crippen LogP contribution in [0.3, 0.4) is 0 Å². The fraction of sp³-hybridized carbons (Fsp3) is 0.467. The Kier molecular flexibility index (Phi) is 5.95. The highest BCUT2D eigenvalue weighted by Gasteiger charge is 2.31. The second-order valence-electron chi connectivity index (χ2n) is 5.31. The molecule has 1 aliphatic carbocycles. The van der Waals surface area contributed by atoms with Crippen LogP contribution in [0.5, 0.6) is 0 Å². The third-order valence-electron chi connectivity index (χ3n) is 3.62. The van der Waals surface area contributed by atoms with E-state index in [4.69, 9.17) is 34.8 Å². The number of rotatable bonds is 3. The van der Waals surface area contributed by atoms with E-state index in [1.54, 1.807) is 24.3 Å². The fourth-order valence-corrected chi connectivity index (χ4v) is 2.64. The zero-order chi connectivity index (χ0) is 16.2. The van der Waals surface area contributed by atoms with Crippen molar-refractivity contribution in [3.63, 3.8) is 0 Å². The second kappa shape index (κ2) is 7.53. The molecule has 7 heteroatoms. The summed E-state index contributed by atoms with van der Waals surface area (Å²) >= 11 is 16.6. The van der Waals surface area contributed by atoms with Crippen molar-refractivity contribution >= 4 is 52.3 Å². The molecule has 2 rings (SSSR count). The zero-order valence-corrected chi connectivity index (χ0v) is 14.1. The fourth-order valence-electron chi connectivity index (χ4n) is 2.49. The monoisotopic (exact) mass is 362 g/mol. The van der Waals surface area contributed by atoms with Gasteiger partial charge < -0.3 is 10.6 Å². The number of para-hydroxylation sites is 1. The van der Waals surface area contributed by atoms with Crippen molar-refractivity contribution in [2.75, 3.05) is 5.32 Å². The third kappa shape index (κ3) is 4.77. The van der Waals surface area contributed by atoms with Gasteiger partial charge in [-0.1, -0.05) is 66.2 Å². The van der Waals surface area contributed by atoms with Gasteiger partial charge in [0.15, 0.2) is 0 Å². The predicted molar refractivity (Wildman–Crippen MR) is 89.7 cm³/mol. The highest BCUT2D eigenvalue weighted by molar-refractivity contribution is 6.76. The molecule has 1 fully saturated rings. The summed E-state index contributed by atoms with van der Waals surface area (Å²) in [5.41, 5.74) is 0.683. The molecule has 0 bridgehead atoms. The summed E-state index contributed by atoms with van der Waals surface area (Å²) in [5, 5.41) is 5.47. The molecule has 0 aromatic heterocycles. The average Bonchev–Trinajstić information content (AvgIpc) is 2.47. The predicted octanol–water partition coefficient (Wildman–Crippen LogP) is 4.06. The SMILES string of the molecule is O=C(NC1CCCCC1)c1ccccc1NC(=O)C(Cl)(Cl)Cl. The van der Waals surface area contributed by atoms with Gasteiger partial charge in [-0.05, 0) is 25.0 Å². The zero-order valence-electron chi connectivity index (χ0n) is 11.9. The maximum absolute atomic E-state index is 12.4. The Hall–Kier alpha value is -0.970. The van der Waals surface area contributed by atoms with Gasteiger partial charge in [-0.3, -0.25) is 9.59 Å². The molecule has 0 aliphatic heterocycles. The first-order valence-electron chi connectivity index (χ1n) is 7.16. The van der Waals surface area contributed by atoms with Gasteiger partial charge in [-0.15, -0.1) is 0 Å². The van der Waals surface area contributed by atoms with Crippen LogP contribution < -0.4 is 10.6 Å². The molecule has 0 spiro atoms. The maximum Gasteiger partial charge on any atom is 0.276 e. The number of amides is 2. The largest absolute Gasteiger partial charge is 0.349 e. The van der Waals surface area contributed by atoms with Gasteiger partial charge in [-0.25, -0.2) is 0 Å². The standard InChI is InChI=1S/C15H17Cl3N2O2/c16-15(17,18)14(22)20-12-9-5-4-8-11(12)13(21)19-10-6-2-1-3-7-10/h4-5,8-10H,1-3,6-7H2,(H,19,21)(H,20,22). The summed E-state index contributed by atoms with van der Waals surface area (Å²) in [4.78, 5) is 24.2. The Balaban J connectivity index is 2.10. The quantitative estimate of drug-likeness (QED) is 0.796. The molecule has 22 heavy (non-hydrogen) atoms. The van der Waals surface area contributed by atoms with Gasteiger partial charge in [-0.2, -0.15) is 0 Å². The molecule has 0 radical (unpaired) electrons. The van der Waals surface area contributed by atoms with Crippen LogP contribution in [0.1, 0.15) is 42.5 Å². The van der Waals surface area contributed by atoms with Gasteiger partial charge in [0.2, 0.25) is 0 Å². The van der Waals surface area contributed by atoms with Gasteiger partial charge in [0.1, 0.15) is 0 Å². The number of hydrogen-bond acceptors (Lipinski definition) is 2. The Morgan fingerprint density at radius 2 is 1.68 bits per heavy atom. The van der Waals surface area contributed by atoms with E-state index >= 15 is 0 Å².